The summed E-state index contributed by atoms with van der Waals surface area (Å²) >= 11 is 0. The molecule has 1 unspecified atom stereocenters. The number of benzene rings is 2. The lowest BCUT2D eigenvalue weighted by Crippen LogP contribution is -2.36. The lowest BCUT2D eigenvalue weighted by atomic mass is 10.0. The van der Waals surface area contributed by atoms with E-state index < -0.39 is 10.0 Å². The van der Waals surface area contributed by atoms with Crippen molar-refractivity contribution >= 4 is 10.0 Å². The third-order valence-electron chi connectivity index (χ3n) is 6.25. The van der Waals surface area contributed by atoms with Gasteiger partial charge in [-0.15, -0.1) is 0 Å². The number of methoxy groups -OCH3 is 2. The molecule has 0 saturated carbocycles. The average Bonchev–Trinajstić information content (AvgIpc) is 3.22. The summed E-state index contributed by atoms with van der Waals surface area (Å²) in [7, 11) is -0.475. The molecule has 32 heavy (non-hydrogen) atoms. The minimum absolute atomic E-state index is 0.282. The minimum atomic E-state index is -3.60. The Kier molecular flexibility index (Phi) is 9.25. The van der Waals surface area contributed by atoms with E-state index in [9.17, 15) is 8.42 Å². The fraction of sp³-hybridized carbons (Fsp3) is 0.520. The molecule has 0 aromatic heterocycles. The highest BCUT2D eigenvalue weighted by molar-refractivity contribution is 7.89. The van der Waals surface area contributed by atoms with Gasteiger partial charge in [0.1, 0.15) is 0 Å². The first-order chi connectivity index (χ1) is 15.5. The second kappa shape index (κ2) is 11.9. The molecule has 0 spiro atoms. The van der Waals surface area contributed by atoms with Crippen LogP contribution in [0.15, 0.2) is 53.4 Å². The topological polar surface area (TPSA) is 59.1 Å². The Morgan fingerprint density at radius 1 is 0.938 bits per heavy atom. The van der Waals surface area contributed by atoms with Gasteiger partial charge in [0.25, 0.3) is 0 Å². The van der Waals surface area contributed by atoms with Crippen LogP contribution in [0.3, 0.4) is 0 Å². The molecule has 0 N–H and O–H groups in total. The highest BCUT2D eigenvalue weighted by atomic mass is 32.2. The first kappa shape index (κ1) is 24.9. The van der Waals surface area contributed by atoms with Crippen molar-refractivity contribution in [3.63, 3.8) is 0 Å². The van der Waals surface area contributed by atoms with Gasteiger partial charge in [0.2, 0.25) is 10.0 Å². The molecule has 1 aliphatic rings. The Labute approximate surface area is 193 Å². The van der Waals surface area contributed by atoms with E-state index in [0.717, 1.165) is 24.1 Å². The standard InChI is InChI=1S/C25H36N2O4S/c1-21-5-4-15-26(21)16-14-22-6-8-23(9-7-22)24-10-12-25(13-11-24)32(28,29)27(17-19-30-2)18-20-31-3/h6-13,21H,4-5,14-20H2,1-3H3. The molecule has 0 amide bonds. The summed E-state index contributed by atoms with van der Waals surface area (Å²) in [6.07, 6.45) is 3.67. The van der Waals surface area contributed by atoms with Crippen molar-refractivity contribution in [1.82, 2.24) is 9.21 Å². The van der Waals surface area contributed by atoms with Crippen molar-refractivity contribution in [2.24, 2.45) is 0 Å². The fourth-order valence-corrected chi connectivity index (χ4v) is 5.58. The van der Waals surface area contributed by atoms with Crippen molar-refractivity contribution in [2.75, 3.05) is 53.6 Å². The maximum absolute atomic E-state index is 13.1. The zero-order chi connectivity index (χ0) is 23.0. The van der Waals surface area contributed by atoms with Gasteiger partial charge in [-0.1, -0.05) is 36.4 Å². The lowest BCUT2D eigenvalue weighted by molar-refractivity contribution is 0.150. The van der Waals surface area contributed by atoms with Gasteiger partial charge in [0.05, 0.1) is 18.1 Å². The summed E-state index contributed by atoms with van der Waals surface area (Å²) in [5.74, 6) is 0. The van der Waals surface area contributed by atoms with Crippen LogP contribution in [-0.2, 0) is 25.9 Å². The largest absolute Gasteiger partial charge is 0.383 e. The highest BCUT2D eigenvalue weighted by Gasteiger charge is 2.24. The molecule has 1 saturated heterocycles. The predicted octanol–water partition coefficient (Wildman–Crippen LogP) is 3.66. The number of ether oxygens (including phenoxy) is 2. The minimum Gasteiger partial charge on any atom is -0.383 e. The SMILES string of the molecule is COCCN(CCOC)S(=O)(=O)c1ccc(-c2ccc(CCN3CCCC3C)cc2)cc1. The predicted molar refractivity (Wildman–Crippen MR) is 128 cm³/mol. The van der Waals surface area contributed by atoms with E-state index in [-0.39, 0.29) is 4.90 Å². The van der Waals surface area contributed by atoms with E-state index in [4.69, 9.17) is 9.47 Å². The van der Waals surface area contributed by atoms with E-state index in [0.29, 0.717) is 32.3 Å². The maximum atomic E-state index is 13.1. The third kappa shape index (κ3) is 6.39. The van der Waals surface area contributed by atoms with Crippen LogP contribution >= 0.6 is 0 Å². The Morgan fingerprint density at radius 2 is 1.50 bits per heavy atom. The summed E-state index contributed by atoms with van der Waals surface area (Å²) in [6, 6.07) is 16.4. The van der Waals surface area contributed by atoms with E-state index in [1.807, 2.05) is 12.1 Å². The molecule has 2 aromatic carbocycles. The Balaban J connectivity index is 1.66. The molecular weight excluding hydrogens is 424 g/mol. The second-order valence-corrected chi connectivity index (χ2v) is 10.3. The van der Waals surface area contributed by atoms with Crippen LogP contribution in [-0.4, -0.2) is 77.3 Å². The Bertz CT molecular complexity index is 921. The normalized spacial score (nSPS) is 17.3. The molecule has 0 bridgehead atoms. The summed E-state index contributed by atoms with van der Waals surface area (Å²) < 4.78 is 37.7. The number of nitrogens with zero attached hydrogens (tertiary/aromatic N) is 2. The van der Waals surface area contributed by atoms with Crippen molar-refractivity contribution in [2.45, 2.75) is 37.1 Å². The Hall–Kier alpha value is -1.77. The maximum Gasteiger partial charge on any atom is 0.243 e. The summed E-state index contributed by atoms with van der Waals surface area (Å²) in [5, 5.41) is 0. The zero-order valence-corrected chi connectivity index (χ0v) is 20.3. The van der Waals surface area contributed by atoms with Crippen molar-refractivity contribution in [1.29, 1.82) is 0 Å². The number of sulfonamides is 1. The van der Waals surface area contributed by atoms with Crippen LogP contribution < -0.4 is 0 Å². The molecule has 0 aliphatic carbocycles. The molecule has 0 radical (unpaired) electrons. The van der Waals surface area contributed by atoms with Crippen LogP contribution in [0.1, 0.15) is 25.3 Å². The molecule has 1 atom stereocenters. The molecule has 1 aliphatic heterocycles. The quantitative estimate of drug-likeness (QED) is 0.484. The third-order valence-corrected chi connectivity index (χ3v) is 8.16. The van der Waals surface area contributed by atoms with Gasteiger partial charge in [0, 0.05) is 39.9 Å². The Morgan fingerprint density at radius 3 is 2.00 bits per heavy atom. The van der Waals surface area contributed by atoms with E-state index in [2.05, 4.69) is 36.1 Å². The van der Waals surface area contributed by atoms with E-state index >= 15 is 0 Å². The van der Waals surface area contributed by atoms with Crippen LogP contribution in [0.25, 0.3) is 11.1 Å². The second-order valence-electron chi connectivity index (χ2n) is 8.39. The molecule has 3 rings (SSSR count). The van der Waals surface area contributed by atoms with Crippen molar-refractivity contribution in [3.8, 4) is 11.1 Å². The van der Waals surface area contributed by atoms with Gasteiger partial charge in [-0.3, -0.25) is 0 Å². The molecule has 1 heterocycles. The van der Waals surface area contributed by atoms with Gasteiger partial charge in [-0.05, 0) is 61.6 Å². The number of likely N-dealkylation sites (tertiary alicyclic amines) is 1. The number of rotatable bonds is 12. The first-order valence-corrected chi connectivity index (χ1v) is 12.8. The smallest absolute Gasteiger partial charge is 0.243 e. The van der Waals surface area contributed by atoms with Gasteiger partial charge in [0.15, 0.2) is 0 Å². The number of hydrogen-bond donors (Lipinski definition) is 0. The van der Waals surface area contributed by atoms with Gasteiger partial charge < -0.3 is 14.4 Å². The van der Waals surface area contributed by atoms with E-state index in [1.54, 1.807) is 26.4 Å². The highest BCUT2D eigenvalue weighted by Crippen LogP contribution is 2.24. The number of hydrogen-bond acceptors (Lipinski definition) is 5. The van der Waals surface area contributed by atoms with Crippen LogP contribution in [0.2, 0.25) is 0 Å². The van der Waals surface area contributed by atoms with Crippen LogP contribution in [0.4, 0.5) is 0 Å². The molecular formula is C25H36N2O4S. The average molecular weight is 461 g/mol. The van der Waals surface area contributed by atoms with Crippen LogP contribution in [0.5, 0.6) is 0 Å². The summed E-state index contributed by atoms with van der Waals surface area (Å²) in [5.41, 5.74) is 3.42. The summed E-state index contributed by atoms with van der Waals surface area (Å²) in [4.78, 5) is 2.85. The molecule has 7 heteroatoms. The lowest BCUT2D eigenvalue weighted by Gasteiger charge is -2.21. The van der Waals surface area contributed by atoms with Crippen molar-refractivity contribution < 1.29 is 17.9 Å². The van der Waals surface area contributed by atoms with Crippen LogP contribution in [0, 0.1) is 0 Å². The molecule has 1 fully saturated rings. The monoisotopic (exact) mass is 460 g/mol. The van der Waals surface area contributed by atoms with Crippen molar-refractivity contribution in [3.05, 3.63) is 54.1 Å². The zero-order valence-electron chi connectivity index (χ0n) is 19.5. The fourth-order valence-electron chi connectivity index (χ4n) is 4.17. The molecule has 2 aromatic rings. The molecule has 176 valence electrons. The van der Waals surface area contributed by atoms with Gasteiger partial charge >= 0.3 is 0 Å². The first-order valence-electron chi connectivity index (χ1n) is 11.4. The molecule has 6 nitrogen and oxygen atoms in total. The summed E-state index contributed by atoms with van der Waals surface area (Å²) in [6.45, 7) is 5.89. The van der Waals surface area contributed by atoms with Gasteiger partial charge in [-0.2, -0.15) is 4.31 Å². The van der Waals surface area contributed by atoms with Gasteiger partial charge in [-0.25, -0.2) is 8.42 Å². The van der Waals surface area contributed by atoms with E-state index in [1.165, 1.54) is 29.3 Å².